The molecule has 0 radical (unpaired) electrons. The number of ether oxygens (including phenoxy) is 9. The van der Waals surface area contributed by atoms with Gasteiger partial charge in [-0.1, -0.05) is 13.8 Å². The Balaban J connectivity index is 0.853. The average Bonchev–Trinajstić information content (AvgIpc) is 3.79. The molecule has 8 rings (SSSR count). The highest BCUT2D eigenvalue weighted by Gasteiger charge is 2.68. The molecule has 0 aromatic rings. The van der Waals surface area contributed by atoms with E-state index in [0.717, 1.165) is 44.1 Å². The lowest BCUT2D eigenvalue weighted by molar-refractivity contribution is -0.342. The highest BCUT2D eigenvalue weighted by molar-refractivity contribution is 5.85. The molecule has 7 N–H and O–H groups in total. The normalized spacial score (nSPS) is 51.7. The van der Waals surface area contributed by atoms with Crippen LogP contribution in [0.1, 0.15) is 91.9 Å². The van der Waals surface area contributed by atoms with Gasteiger partial charge in [0.15, 0.2) is 25.0 Å². The Hall–Kier alpha value is -1.88. The van der Waals surface area contributed by atoms with E-state index >= 15 is 0 Å². The van der Waals surface area contributed by atoms with Gasteiger partial charge in [0.25, 0.3) is 0 Å². The molecule has 4 aliphatic carbocycles. The fourth-order valence-electron chi connectivity index (χ4n) is 13.1. The van der Waals surface area contributed by atoms with Crippen LogP contribution in [0.3, 0.4) is 0 Å². The van der Waals surface area contributed by atoms with Crippen molar-refractivity contribution < 1.29 is 88.0 Å². The summed E-state index contributed by atoms with van der Waals surface area (Å²) in [5, 5.41) is 77.8. The van der Waals surface area contributed by atoms with Crippen molar-refractivity contribution in [3.63, 3.8) is 0 Å². The Morgan fingerprint density at radius 2 is 1.47 bits per heavy atom. The first-order valence-corrected chi connectivity index (χ1v) is 22.6. The SMILES string of the molecule is COC1CC(OCC2OC(OCC3OC(OC4CCC5(C)C(CCC6C5CCC5(C)C(C7=CC(=O)OC7)CCC65O)C4)C(O)C(O)C3O)C(O)C(O)C2O)OC(C)[C@H]1OC(C)=O. The molecule has 0 amide bonds. The van der Waals surface area contributed by atoms with Gasteiger partial charge in [-0.15, -0.1) is 0 Å². The Bertz CT molecular complexity index is 1650. The van der Waals surface area contributed by atoms with Crippen LogP contribution in [-0.4, -0.2) is 172 Å². The Kier molecular flexibility index (Phi) is 13.6. The summed E-state index contributed by atoms with van der Waals surface area (Å²) in [6.45, 7) is 7.13. The van der Waals surface area contributed by atoms with Gasteiger partial charge in [-0.05, 0) is 99.4 Å². The van der Waals surface area contributed by atoms with Crippen molar-refractivity contribution in [3.8, 4) is 0 Å². The van der Waals surface area contributed by atoms with Gasteiger partial charge < -0.3 is 78.4 Å². The summed E-state index contributed by atoms with van der Waals surface area (Å²) < 4.78 is 52.0. The van der Waals surface area contributed by atoms with Crippen LogP contribution >= 0.6 is 0 Å². The zero-order valence-corrected chi connectivity index (χ0v) is 36.4. The van der Waals surface area contributed by atoms with Crippen molar-refractivity contribution in [2.24, 2.45) is 34.5 Å². The van der Waals surface area contributed by atoms with Crippen molar-refractivity contribution in [2.75, 3.05) is 26.9 Å². The maximum absolute atomic E-state index is 12.6. The highest BCUT2D eigenvalue weighted by Crippen LogP contribution is 2.70. The van der Waals surface area contributed by atoms with Crippen LogP contribution in [0.15, 0.2) is 11.6 Å². The van der Waals surface area contributed by atoms with E-state index in [2.05, 4.69) is 13.8 Å². The second kappa shape index (κ2) is 18.1. The molecule has 0 aromatic carbocycles. The number of aliphatic hydroxyl groups is 7. The van der Waals surface area contributed by atoms with Gasteiger partial charge in [0.1, 0.15) is 61.5 Å². The molecule has 3 saturated heterocycles. The second-order valence-corrected chi connectivity index (χ2v) is 19.9. The molecule has 0 bridgehead atoms. The van der Waals surface area contributed by atoms with Crippen molar-refractivity contribution in [1.29, 1.82) is 0 Å². The van der Waals surface area contributed by atoms with E-state index in [1.54, 1.807) is 13.0 Å². The van der Waals surface area contributed by atoms with Crippen LogP contribution in [0, 0.1) is 34.5 Å². The van der Waals surface area contributed by atoms with Crippen molar-refractivity contribution in [1.82, 2.24) is 0 Å². The lowest BCUT2D eigenvalue weighted by Crippen LogP contribution is -2.63. The van der Waals surface area contributed by atoms with Gasteiger partial charge in [-0.25, -0.2) is 4.79 Å². The van der Waals surface area contributed by atoms with Crippen LogP contribution < -0.4 is 0 Å². The maximum Gasteiger partial charge on any atom is 0.331 e. The van der Waals surface area contributed by atoms with Crippen LogP contribution in [0.2, 0.25) is 0 Å². The molecular formula is C44H68O18. The molecular weight excluding hydrogens is 816 g/mol. The third-order valence-electron chi connectivity index (χ3n) is 16.7. The van der Waals surface area contributed by atoms with Gasteiger partial charge in [0.2, 0.25) is 0 Å². The zero-order valence-electron chi connectivity index (χ0n) is 36.4. The minimum Gasteiger partial charge on any atom is -0.458 e. The number of methoxy groups -OCH3 is 1. The molecule has 8 aliphatic rings. The quantitative estimate of drug-likeness (QED) is 0.109. The van der Waals surface area contributed by atoms with Crippen LogP contribution in [0.25, 0.3) is 0 Å². The first-order valence-electron chi connectivity index (χ1n) is 22.6. The summed E-state index contributed by atoms with van der Waals surface area (Å²) in [6.07, 6.45) is -8.73. The summed E-state index contributed by atoms with van der Waals surface area (Å²) in [5.41, 5.74) is -0.180. The predicted molar refractivity (Wildman–Crippen MR) is 211 cm³/mol. The maximum atomic E-state index is 12.6. The van der Waals surface area contributed by atoms with Gasteiger partial charge >= 0.3 is 11.9 Å². The number of fused-ring (bicyclic) bond motifs is 5. The van der Waals surface area contributed by atoms with Gasteiger partial charge in [-0.2, -0.15) is 0 Å². The minimum atomic E-state index is -1.71. The number of hydrogen-bond donors (Lipinski definition) is 7. The van der Waals surface area contributed by atoms with E-state index in [1.807, 2.05) is 0 Å². The van der Waals surface area contributed by atoms with Crippen LogP contribution in [0.4, 0.5) is 0 Å². The topological polar surface area (TPSA) is 259 Å². The molecule has 18 heteroatoms. The lowest BCUT2D eigenvalue weighted by Gasteiger charge is -2.64. The van der Waals surface area contributed by atoms with Gasteiger partial charge in [-0.3, -0.25) is 4.79 Å². The number of hydrogen-bond acceptors (Lipinski definition) is 18. The summed E-state index contributed by atoms with van der Waals surface area (Å²) in [5.74, 6) is 0.101. The van der Waals surface area contributed by atoms with Crippen molar-refractivity contribution in [2.45, 2.75) is 190 Å². The molecule has 352 valence electrons. The minimum absolute atomic E-state index is 0.0356. The smallest absolute Gasteiger partial charge is 0.331 e. The third kappa shape index (κ3) is 8.30. The third-order valence-corrected chi connectivity index (χ3v) is 16.7. The summed E-state index contributed by atoms with van der Waals surface area (Å²) >= 11 is 0. The second-order valence-electron chi connectivity index (χ2n) is 19.9. The van der Waals surface area contributed by atoms with E-state index < -0.39 is 104 Å². The Morgan fingerprint density at radius 1 is 0.790 bits per heavy atom. The standard InChI is InChI=1S/C44H68O18/c1-20-39(59-21(2)45)28(54-5)16-32(58-20)56-18-29-33(47)35(49)37(51)40(61-29)57-19-30-34(48)36(50)38(52)41(62-30)60-24-8-11-42(3)23(15-24)6-7-27-26(42)9-12-43(4)25(10-13-44(27,43)53)22-14-31(46)55-17-22/h14,20,23-30,32-41,47-53H,6-13,15-19H2,1-5H3/t20?,23?,24?,25?,26?,27?,28?,29?,30?,32?,33?,34?,35?,36?,37?,38?,39-,40?,41?,42?,43?,44?/m1/s1. The number of aliphatic hydroxyl groups excluding tert-OH is 6. The van der Waals surface area contributed by atoms with E-state index in [9.17, 15) is 45.3 Å². The zero-order chi connectivity index (χ0) is 44.5. The molecule has 0 spiro atoms. The summed E-state index contributed by atoms with van der Waals surface area (Å²) in [4.78, 5) is 23.6. The predicted octanol–water partition coefficient (Wildman–Crippen LogP) is 0.359. The highest BCUT2D eigenvalue weighted by atomic mass is 16.7. The molecule has 4 aliphatic heterocycles. The number of rotatable bonds is 11. The van der Waals surface area contributed by atoms with E-state index in [1.165, 1.54) is 14.0 Å². The first-order chi connectivity index (χ1) is 29.4. The Morgan fingerprint density at radius 3 is 2.13 bits per heavy atom. The van der Waals surface area contributed by atoms with Gasteiger partial charge in [0, 0.05) is 31.9 Å². The molecule has 4 saturated carbocycles. The molecule has 22 atom stereocenters. The van der Waals surface area contributed by atoms with Gasteiger partial charge in [0.05, 0.1) is 31.0 Å². The molecule has 62 heavy (non-hydrogen) atoms. The monoisotopic (exact) mass is 884 g/mol. The fourth-order valence-corrected chi connectivity index (χ4v) is 13.1. The lowest BCUT2D eigenvalue weighted by atomic mass is 9.43. The molecule has 18 nitrogen and oxygen atoms in total. The van der Waals surface area contributed by atoms with Crippen LogP contribution in [-0.2, 0) is 52.2 Å². The molecule has 0 aromatic heterocycles. The number of esters is 2. The number of carbonyl (C=O) groups excluding carboxylic acids is 2. The van der Waals surface area contributed by atoms with Crippen molar-refractivity contribution >= 4 is 11.9 Å². The molecule has 7 fully saturated rings. The van der Waals surface area contributed by atoms with E-state index in [4.69, 9.17) is 42.6 Å². The summed E-state index contributed by atoms with van der Waals surface area (Å²) in [7, 11) is 1.47. The summed E-state index contributed by atoms with van der Waals surface area (Å²) in [6, 6.07) is 0. The fraction of sp³-hybridized carbons (Fsp3) is 0.909. The molecule has 4 heterocycles. The van der Waals surface area contributed by atoms with Crippen LogP contribution in [0.5, 0.6) is 0 Å². The first kappa shape index (κ1) is 46.6. The number of carbonyl (C=O) groups is 2. The largest absolute Gasteiger partial charge is 0.458 e. The van der Waals surface area contributed by atoms with Crippen molar-refractivity contribution in [3.05, 3.63) is 11.6 Å². The Labute approximate surface area is 362 Å². The van der Waals surface area contributed by atoms with E-state index in [0.29, 0.717) is 37.7 Å². The van der Waals surface area contributed by atoms with E-state index in [-0.39, 0.29) is 47.8 Å². The number of cyclic esters (lactones) is 1. The average molecular weight is 885 g/mol. The molecule has 21 unspecified atom stereocenters.